The first-order chi connectivity index (χ1) is 14.4. The maximum atomic E-state index is 13.6. The van der Waals surface area contributed by atoms with E-state index in [4.69, 9.17) is 0 Å². The highest BCUT2D eigenvalue weighted by Gasteiger charge is 2.24. The number of fused-ring (bicyclic) bond motifs is 1. The van der Waals surface area contributed by atoms with Crippen molar-refractivity contribution in [1.82, 2.24) is 4.57 Å². The summed E-state index contributed by atoms with van der Waals surface area (Å²) in [4.78, 5) is 12.4. The summed E-state index contributed by atoms with van der Waals surface area (Å²) in [6.07, 6.45) is 1.51. The van der Waals surface area contributed by atoms with E-state index in [9.17, 15) is 17.6 Å². The van der Waals surface area contributed by atoms with Crippen LogP contribution in [0.3, 0.4) is 0 Å². The molecule has 0 saturated heterocycles. The zero-order valence-electron chi connectivity index (χ0n) is 16.0. The van der Waals surface area contributed by atoms with Gasteiger partial charge in [-0.05, 0) is 35.9 Å². The van der Waals surface area contributed by atoms with Gasteiger partial charge in [0.25, 0.3) is 0 Å². The van der Waals surface area contributed by atoms with Crippen LogP contribution in [0, 0.1) is 5.82 Å². The molecule has 0 atom stereocenters. The Morgan fingerprint density at radius 1 is 0.933 bits per heavy atom. The molecule has 3 aromatic carbocycles. The molecule has 0 spiro atoms. The smallest absolute Gasteiger partial charge is 0.239 e. The van der Waals surface area contributed by atoms with Crippen molar-refractivity contribution >= 4 is 32.3 Å². The van der Waals surface area contributed by atoms with Crippen LogP contribution in [0.15, 0.2) is 90.0 Å². The zero-order chi connectivity index (χ0) is 21.1. The summed E-state index contributed by atoms with van der Waals surface area (Å²) in [6.45, 7) is 0.310. The van der Waals surface area contributed by atoms with Crippen molar-refractivity contribution in [1.29, 1.82) is 0 Å². The minimum Gasteiger partial charge on any atom is -0.342 e. The molecule has 0 saturated carbocycles. The van der Waals surface area contributed by atoms with E-state index in [1.165, 1.54) is 18.3 Å². The largest absolute Gasteiger partial charge is 0.342 e. The first-order valence-corrected chi connectivity index (χ1v) is 11.0. The molecule has 4 rings (SSSR count). The Morgan fingerprint density at radius 2 is 1.67 bits per heavy atom. The third kappa shape index (κ3) is 4.26. The summed E-state index contributed by atoms with van der Waals surface area (Å²) in [5, 5.41) is 3.13. The summed E-state index contributed by atoms with van der Waals surface area (Å²) < 4.78 is 41.4. The molecular weight excluding hydrogens is 403 g/mol. The number of rotatable bonds is 6. The van der Waals surface area contributed by atoms with E-state index in [0.717, 1.165) is 0 Å². The Labute approximate surface area is 173 Å². The van der Waals surface area contributed by atoms with Gasteiger partial charge in [-0.15, -0.1) is 0 Å². The van der Waals surface area contributed by atoms with Crippen LogP contribution in [0.4, 0.5) is 10.1 Å². The van der Waals surface area contributed by atoms with Crippen LogP contribution in [0.1, 0.15) is 5.56 Å². The topological polar surface area (TPSA) is 68.2 Å². The summed E-state index contributed by atoms with van der Waals surface area (Å²) >= 11 is 0. The molecule has 0 radical (unpaired) electrons. The van der Waals surface area contributed by atoms with Crippen LogP contribution in [0.25, 0.3) is 10.9 Å². The number of nitrogens with zero attached hydrogens (tertiary/aromatic N) is 1. The number of amides is 1. The second kappa shape index (κ2) is 8.12. The van der Waals surface area contributed by atoms with Gasteiger partial charge >= 0.3 is 0 Å². The van der Waals surface area contributed by atoms with Gasteiger partial charge < -0.3 is 9.88 Å². The summed E-state index contributed by atoms with van der Waals surface area (Å²) in [6, 6.07) is 21.9. The van der Waals surface area contributed by atoms with E-state index in [2.05, 4.69) is 5.32 Å². The maximum absolute atomic E-state index is 13.6. The van der Waals surface area contributed by atoms with Gasteiger partial charge in [0.1, 0.15) is 11.6 Å². The predicted molar refractivity (Wildman–Crippen MR) is 115 cm³/mol. The van der Waals surface area contributed by atoms with Crippen molar-refractivity contribution in [2.45, 2.75) is 11.4 Å². The molecule has 1 heterocycles. The van der Waals surface area contributed by atoms with Crippen molar-refractivity contribution in [3.8, 4) is 0 Å². The zero-order valence-corrected chi connectivity index (χ0v) is 16.8. The Hall–Kier alpha value is -3.45. The minimum absolute atomic E-state index is 0.0812. The van der Waals surface area contributed by atoms with Gasteiger partial charge in [-0.2, -0.15) is 0 Å². The minimum atomic E-state index is -3.89. The molecule has 30 heavy (non-hydrogen) atoms. The first kappa shape index (κ1) is 19.8. The fourth-order valence-electron chi connectivity index (χ4n) is 3.39. The van der Waals surface area contributed by atoms with Crippen LogP contribution < -0.4 is 5.32 Å². The lowest BCUT2D eigenvalue weighted by molar-refractivity contribution is -0.113. The lowest BCUT2D eigenvalue weighted by Gasteiger charge is -2.06. The average molecular weight is 422 g/mol. The Morgan fingerprint density at radius 3 is 2.43 bits per heavy atom. The lowest BCUT2D eigenvalue weighted by atomic mass is 10.2. The van der Waals surface area contributed by atoms with E-state index in [1.54, 1.807) is 65.2 Å². The van der Waals surface area contributed by atoms with E-state index in [-0.39, 0.29) is 10.7 Å². The fraction of sp³-hybridized carbons (Fsp3) is 0.0870. The molecule has 7 heteroatoms. The summed E-state index contributed by atoms with van der Waals surface area (Å²) in [5.41, 5.74) is 1.94. The van der Waals surface area contributed by atoms with Crippen LogP contribution in [-0.4, -0.2) is 24.6 Å². The highest BCUT2D eigenvalue weighted by Crippen LogP contribution is 2.27. The van der Waals surface area contributed by atoms with Gasteiger partial charge in [0.15, 0.2) is 9.84 Å². The number of anilines is 1. The number of hydrogen-bond acceptors (Lipinski definition) is 3. The van der Waals surface area contributed by atoms with E-state index < -0.39 is 21.5 Å². The number of halogens is 1. The van der Waals surface area contributed by atoms with Gasteiger partial charge in [-0.3, -0.25) is 4.79 Å². The van der Waals surface area contributed by atoms with Gasteiger partial charge in [0.05, 0.1) is 4.90 Å². The SMILES string of the molecule is O=C(CS(=O)(=O)c1cn(Cc2cccc(F)c2)c2ccccc12)Nc1ccccc1. The maximum Gasteiger partial charge on any atom is 0.239 e. The van der Waals surface area contributed by atoms with Crippen LogP contribution in [0.2, 0.25) is 0 Å². The second-order valence-corrected chi connectivity index (χ2v) is 8.90. The van der Waals surface area contributed by atoms with Crippen molar-refractivity contribution < 1.29 is 17.6 Å². The van der Waals surface area contributed by atoms with Crippen molar-refractivity contribution in [2.75, 3.05) is 11.1 Å². The Kier molecular flexibility index (Phi) is 5.37. The summed E-state index contributed by atoms with van der Waals surface area (Å²) in [5.74, 6) is -1.63. The molecule has 152 valence electrons. The molecule has 1 aromatic heterocycles. The Bertz CT molecular complexity index is 1310. The molecule has 1 N–H and O–H groups in total. The number of benzene rings is 3. The number of hydrogen-bond donors (Lipinski definition) is 1. The predicted octanol–water partition coefficient (Wildman–Crippen LogP) is 4.24. The molecule has 5 nitrogen and oxygen atoms in total. The van der Waals surface area contributed by atoms with Crippen LogP contribution in [-0.2, 0) is 21.2 Å². The number of nitrogens with one attached hydrogen (secondary N) is 1. The third-order valence-electron chi connectivity index (χ3n) is 4.71. The average Bonchev–Trinajstić information content (AvgIpc) is 3.08. The van der Waals surface area contributed by atoms with E-state index >= 15 is 0 Å². The molecule has 4 aromatic rings. The molecule has 1 amide bonds. The standard InChI is InChI=1S/C23H19FN2O3S/c24-18-8-6-7-17(13-18)14-26-15-22(20-11-4-5-12-21(20)26)30(28,29)16-23(27)25-19-9-2-1-3-10-19/h1-13,15H,14,16H2,(H,25,27). The lowest BCUT2D eigenvalue weighted by Crippen LogP contribution is -2.22. The van der Waals surface area contributed by atoms with E-state index in [0.29, 0.717) is 28.7 Å². The van der Waals surface area contributed by atoms with Crippen molar-refractivity contribution in [3.05, 3.63) is 96.4 Å². The van der Waals surface area contributed by atoms with Crippen LogP contribution in [0.5, 0.6) is 0 Å². The molecular formula is C23H19FN2O3S. The highest BCUT2D eigenvalue weighted by atomic mass is 32.2. The number of aromatic nitrogens is 1. The van der Waals surface area contributed by atoms with Crippen LogP contribution >= 0.6 is 0 Å². The second-order valence-electron chi connectivity index (χ2n) is 6.94. The quantitative estimate of drug-likeness (QED) is 0.505. The Balaban J connectivity index is 1.65. The molecule has 0 aliphatic carbocycles. The molecule has 0 fully saturated rings. The normalized spacial score (nSPS) is 11.5. The van der Waals surface area contributed by atoms with Gasteiger partial charge in [0, 0.05) is 29.3 Å². The van der Waals surface area contributed by atoms with Gasteiger partial charge in [-0.25, -0.2) is 12.8 Å². The molecule has 0 aliphatic heterocycles. The summed E-state index contributed by atoms with van der Waals surface area (Å²) in [7, 11) is -3.89. The monoisotopic (exact) mass is 422 g/mol. The number of para-hydroxylation sites is 2. The van der Waals surface area contributed by atoms with E-state index in [1.807, 2.05) is 6.07 Å². The molecule has 0 aliphatic rings. The molecule has 0 bridgehead atoms. The fourth-order valence-corrected chi connectivity index (χ4v) is 4.76. The van der Waals surface area contributed by atoms with Gasteiger partial charge in [-0.1, -0.05) is 48.5 Å². The van der Waals surface area contributed by atoms with Crippen molar-refractivity contribution in [2.24, 2.45) is 0 Å². The number of carbonyl (C=O) groups excluding carboxylic acids is 1. The molecule has 0 unspecified atom stereocenters. The third-order valence-corrected chi connectivity index (χ3v) is 6.35. The van der Waals surface area contributed by atoms with Gasteiger partial charge in [0.2, 0.25) is 5.91 Å². The van der Waals surface area contributed by atoms with Crippen molar-refractivity contribution in [3.63, 3.8) is 0 Å². The first-order valence-electron chi connectivity index (χ1n) is 9.32. The number of sulfone groups is 1. The number of carbonyl (C=O) groups is 1. The highest BCUT2D eigenvalue weighted by molar-refractivity contribution is 7.92.